The van der Waals surface area contributed by atoms with Crippen molar-refractivity contribution >= 4 is 11.8 Å². The second-order valence-electron chi connectivity index (χ2n) is 6.45. The Hall–Kier alpha value is -1.14. The largest absolute Gasteiger partial charge is 0.339 e. The summed E-state index contributed by atoms with van der Waals surface area (Å²) in [4.78, 5) is 30.5. The number of piperazine rings is 1. The standard InChI is InChI=1S/C16H30N4O2/c1-3-14-6-4-5-9-20(14)16(22)13-18(2)12-15(21)19-10-7-17-8-11-19/h14,17H,3-13H2,1-2H3. The monoisotopic (exact) mass is 310 g/mol. The lowest BCUT2D eigenvalue weighted by Gasteiger charge is -2.36. The van der Waals surface area contributed by atoms with Crippen molar-refractivity contribution in [2.75, 3.05) is 52.9 Å². The number of likely N-dealkylation sites (tertiary alicyclic amines) is 1. The van der Waals surface area contributed by atoms with Crippen LogP contribution >= 0.6 is 0 Å². The van der Waals surface area contributed by atoms with E-state index in [0.29, 0.717) is 19.1 Å². The molecule has 2 aliphatic rings. The van der Waals surface area contributed by atoms with Gasteiger partial charge in [-0.1, -0.05) is 6.92 Å². The topological polar surface area (TPSA) is 55.9 Å². The zero-order valence-corrected chi connectivity index (χ0v) is 14.0. The van der Waals surface area contributed by atoms with Crippen LogP contribution in [0.1, 0.15) is 32.6 Å². The first kappa shape index (κ1) is 17.2. The van der Waals surface area contributed by atoms with Crippen LogP contribution in [0.2, 0.25) is 0 Å². The van der Waals surface area contributed by atoms with Gasteiger partial charge in [-0.05, 0) is 32.7 Å². The van der Waals surface area contributed by atoms with Gasteiger partial charge in [0.05, 0.1) is 13.1 Å². The Bertz CT molecular complexity index is 382. The minimum absolute atomic E-state index is 0.127. The fourth-order valence-corrected chi connectivity index (χ4v) is 3.38. The van der Waals surface area contributed by atoms with Crippen LogP contribution in [0, 0.1) is 0 Å². The third-order valence-electron chi connectivity index (χ3n) is 4.70. The highest BCUT2D eigenvalue weighted by molar-refractivity contribution is 5.81. The van der Waals surface area contributed by atoms with Crippen LogP contribution in [-0.2, 0) is 9.59 Å². The summed E-state index contributed by atoms with van der Waals surface area (Å²) < 4.78 is 0. The molecule has 0 aliphatic carbocycles. The van der Waals surface area contributed by atoms with Crippen LogP contribution in [0.15, 0.2) is 0 Å². The number of nitrogens with one attached hydrogen (secondary N) is 1. The quantitative estimate of drug-likeness (QED) is 0.785. The molecule has 0 spiro atoms. The van der Waals surface area contributed by atoms with Crippen LogP contribution < -0.4 is 5.32 Å². The Balaban J connectivity index is 1.78. The molecule has 0 bridgehead atoms. The van der Waals surface area contributed by atoms with Crippen molar-refractivity contribution in [1.82, 2.24) is 20.0 Å². The van der Waals surface area contributed by atoms with Crippen molar-refractivity contribution in [3.05, 3.63) is 0 Å². The Morgan fingerprint density at radius 2 is 1.77 bits per heavy atom. The molecule has 0 saturated carbocycles. The molecular weight excluding hydrogens is 280 g/mol. The Kier molecular flexibility index (Phi) is 6.64. The summed E-state index contributed by atoms with van der Waals surface area (Å²) >= 11 is 0. The average Bonchev–Trinajstić information content (AvgIpc) is 2.55. The van der Waals surface area contributed by atoms with Crippen molar-refractivity contribution < 1.29 is 9.59 Å². The average molecular weight is 310 g/mol. The molecule has 2 amide bonds. The van der Waals surface area contributed by atoms with Crippen LogP contribution in [-0.4, -0.2) is 85.4 Å². The maximum atomic E-state index is 12.5. The molecule has 2 rings (SSSR count). The van der Waals surface area contributed by atoms with Gasteiger partial charge in [0, 0.05) is 38.8 Å². The lowest BCUT2D eigenvalue weighted by atomic mass is 10.00. The van der Waals surface area contributed by atoms with E-state index in [1.165, 1.54) is 6.42 Å². The number of piperidine rings is 1. The fraction of sp³-hybridized carbons (Fsp3) is 0.875. The van der Waals surface area contributed by atoms with Gasteiger partial charge in [-0.2, -0.15) is 0 Å². The molecular formula is C16H30N4O2. The summed E-state index contributed by atoms with van der Waals surface area (Å²) in [6, 6.07) is 0.388. The number of carbonyl (C=O) groups excluding carboxylic acids is 2. The van der Waals surface area contributed by atoms with E-state index in [0.717, 1.165) is 52.0 Å². The normalized spacial score (nSPS) is 23.0. The molecule has 2 aliphatic heterocycles. The third kappa shape index (κ3) is 4.68. The van der Waals surface area contributed by atoms with E-state index in [4.69, 9.17) is 0 Å². The summed E-state index contributed by atoms with van der Waals surface area (Å²) in [6.45, 7) is 6.95. The number of hydrogen-bond donors (Lipinski definition) is 1. The van der Waals surface area contributed by atoms with Gasteiger partial charge >= 0.3 is 0 Å². The maximum absolute atomic E-state index is 12.5. The number of likely N-dealkylation sites (N-methyl/N-ethyl adjacent to an activating group) is 1. The number of hydrogen-bond acceptors (Lipinski definition) is 4. The maximum Gasteiger partial charge on any atom is 0.237 e. The van der Waals surface area contributed by atoms with E-state index < -0.39 is 0 Å². The van der Waals surface area contributed by atoms with Gasteiger partial charge in [0.1, 0.15) is 0 Å². The summed E-state index contributed by atoms with van der Waals surface area (Å²) in [7, 11) is 1.86. The van der Waals surface area contributed by atoms with Gasteiger partial charge in [-0.15, -0.1) is 0 Å². The number of amides is 2. The van der Waals surface area contributed by atoms with Gasteiger partial charge in [-0.3, -0.25) is 14.5 Å². The Morgan fingerprint density at radius 1 is 1.09 bits per heavy atom. The molecule has 2 fully saturated rings. The van der Waals surface area contributed by atoms with Gasteiger partial charge in [0.15, 0.2) is 0 Å². The molecule has 2 heterocycles. The number of carbonyl (C=O) groups is 2. The van der Waals surface area contributed by atoms with Crippen LogP contribution in [0.25, 0.3) is 0 Å². The second-order valence-corrected chi connectivity index (χ2v) is 6.45. The first-order valence-electron chi connectivity index (χ1n) is 8.58. The smallest absolute Gasteiger partial charge is 0.237 e. The van der Waals surface area contributed by atoms with Crippen LogP contribution in [0.3, 0.4) is 0 Å². The first-order valence-corrected chi connectivity index (χ1v) is 8.58. The van der Waals surface area contributed by atoms with Gasteiger partial charge in [0.2, 0.25) is 11.8 Å². The van der Waals surface area contributed by atoms with E-state index in [9.17, 15) is 9.59 Å². The summed E-state index contributed by atoms with van der Waals surface area (Å²) in [6.07, 6.45) is 4.46. The van der Waals surface area contributed by atoms with Crippen LogP contribution in [0.5, 0.6) is 0 Å². The second kappa shape index (κ2) is 8.48. The zero-order chi connectivity index (χ0) is 15.9. The lowest BCUT2D eigenvalue weighted by Crippen LogP contribution is -2.51. The minimum Gasteiger partial charge on any atom is -0.339 e. The highest BCUT2D eigenvalue weighted by Gasteiger charge is 2.26. The molecule has 0 radical (unpaired) electrons. The molecule has 0 aromatic carbocycles. The van der Waals surface area contributed by atoms with Gasteiger partial charge in [-0.25, -0.2) is 0 Å². The summed E-state index contributed by atoms with van der Waals surface area (Å²) in [5, 5.41) is 3.24. The van der Waals surface area contributed by atoms with E-state index >= 15 is 0 Å². The predicted molar refractivity (Wildman–Crippen MR) is 86.6 cm³/mol. The molecule has 126 valence electrons. The van der Waals surface area contributed by atoms with Crippen molar-refractivity contribution in [2.45, 2.75) is 38.6 Å². The van der Waals surface area contributed by atoms with Crippen LogP contribution in [0.4, 0.5) is 0 Å². The Morgan fingerprint density at radius 3 is 2.45 bits per heavy atom. The van der Waals surface area contributed by atoms with E-state index in [2.05, 4.69) is 12.2 Å². The Labute approximate surface area is 133 Å². The molecule has 6 nitrogen and oxygen atoms in total. The SMILES string of the molecule is CCC1CCCCN1C(=O)CN(C)CC(=O)N1CCNCC1. The third-order valence-corrected chi connectivity index (χ3v) is 4.70. The zero-order valence-electron chi connectivity index (χ0n) is 14.0. The van der Waals surface area contributed by atoms with E-state index in [-0.39, 0.29) is 11.8 Å². The molecule has 6 heteroatoms. The van der Waals surface area contributed by atoms with E-state index in [1.54, 1.807) is 0 Å². The van der Waals surface area contributed by atoms with E-state index in [1.807, 2.05) is 21.7 Å². The predicted octanol–water partition coefficient (Wildman–Crippen LogP) is 0.141. The molecule has 0 aromatic rings. The summed E-state index contributed by atoms with van der Waals surface area (Å²) in [5.74, 6) is 0.296. The van der Waals surface area contributed by atoms with Crippen molar-refractivity contribution in [3.63, 3.8) is 0 Å². The van der Waals surface area contributed by atoms with Crippen molar-refractivity contribution in [2.24, 2.45) is 0 Å². The summed E-state index contributed by atoms with van der Waals surface area (Å²) in [5.41, 5.74) is 0. The van der Waals surface area contributed by atoms with Crippen molar-refractivity contribution in [3.8, 4) is 0 Å². The van der Waals surface area contributed by atoms with Crippen molar-refractivity contribution in [1.29, 1.82) is 0 Å². The molecule has 1 atom stereocenters. The molecule has 1 unspecified atom stereocenters. The van der Waals surface area contributed by atoms with Gasteiger partial charge < -0.3 is 15.1 Å². The fourth-order valence-electron chi connectivity index (χ4n) is 3.38. The number of rotatable bonds is 5. The number of nitrogens with zero attached hydrogens (tertiary/aromatic N) is 3. The molecule has 1 N–H and O–H groups in total. The highest BCUT2D eigenvalue weighted by Crippen LogP contribution is 2.19. The highest BCUT2D eigenvalue weighted by atomic mass is 16.2. The molecule has 0 aromatic heterocycles. The minimum atomic E-state index is 0.127. The first-order chi connectivity index (χ1) is 10.6. The lowest BCUT2D eigenvalue weighted by molar-refractivity contribution is -0.137. The molecule has 22 heavy (non-hydrogen) atoms. The van der Waals surface area contributed by atoms with Gasteiger partial charge in [0.25, 0.3) is 0 Å². The molecule has 2 saturated heterocycles.